The molecular formula is C28H26N2O3. The van der Waals surface area contributed by atoms with Crippen molar-refractivity contribution in [2.75, 3.05) is 10.2 Å². The molecule has 2 heterocycles. The molecule has 1 aromatic heterocycles. The van der Waals surface area contributed by atoms with Crippen LogP contribution in [0.2, 0.25) is 0 Å². The SMILES string of the molecule is Cc1ccc(C2CC(=O)C3=C(C2)Nc2ccccc2N(C(=O)C2CC2)C3c2ccco2)cc1. The van der Waals surface area contributed by atoms with E-state index in [1.807, 2.05) is 41.3 Å². The second-order valence-corrected chi connectivity index (χ2v) is 9.37. The predicted octanol–water partition coefficient (Wildman–Crippen LogP) is 5.90. The normalized spacial score (nSPS) is 22.3. The van der Waals surface area contributed by atoms with E-state index in [4.69, 9.17) is 4.42 Å². The number of anilines is 2. The van der Waals surface area contributed by atoms with Crippen LogP contribution in [-0.4, -0.2) is 11.7 Å². The number of para-hydroxylation sites is 2. The van der Waals surface area contributed by atoms with E-state index < -0.39 is 6.04 Å². The lowest BCUT2D eigenvalue weighted by molar-refractivity contribution is -0.120. The van der Waals surface area contributed by atoms with E-state index in [0.29, 0.717) is 24.2 Å². The van der Waals surface area contributed by atoms with Crippen molar-refractivity contribution < 1.29 is 14.0 Å². The zero-order valence-corrected chi connectivity index (χ0v) is 18.6. The molecule has 1 N–H and O–H groups in total. The van der Waals surface area contributed by atoms with E-state index in [2.05, 4.69) is 36.5 Å². The Morgan fingerprint density at radius 2 is 1.79 bits per heavy atom. The third-order valence-electron chi connectivity index (χ3n) is 7.01. The first kappa shape index (κ1) is 20.0. The predicted molar refractivity (Wildman–Crippen MR) is 127 cm³/mol. The zero-order chi connectivity index (χ0) is 22.5. The summed E-state index contributed by atoms with van der Waals surface area (Å²) in [7, 11) is 0. The molecular weight excluding hydrogens is 412 g/mol. The average molecular weight is 439 g/mol. The first-order valence-corrected chi connectivity index (χ1v) is 11.7. The van der Waals surface area contributed by atoms with Gasteiger partial charge in [0.2, 0.25) is 5.91 Å². The van der Waals surface area contributed by atoms with Crippen LogP contribution >= 0.6 is 0 Å². The number of Topliss-reactive ketones (excluding diaryl/α,β-unsaturated/α-hetero) is 1. The fourth-order valence-electron chi connectivity index (χ4n) is 5.15. The maximum atomic E-state index is 13.8. The number of nitrogens with zero attached hydrogens (tertiary/aromatic N) is 1. The summed E-state index contributed by atoms with van der Waals surface area (Å²) in [4.78, 5) is 29.2. The molecule has 33 heavy (non-hydrogen) atoms. The number of fused-ring (bicyclic) bond motifs is 1. The minimum atomic E-state index is -0.564. The van der Waals surface area contributed by atoms with Crippen molar-refractivity contribution >= 4 is 23.1 Å². The van der Waals surface area contributed by atoms with Gasteiger partial charge in [0.1, 0.15) is 11.8 Å². The van der Waals surface area contributed by atoms with Gasteiger partial charge in [-0.05, 0) is 61.9 Å². The lowest BCUT2D eigenvalue weighted by Gasteiger charge is -2.33. The Kier molecular flexibility index (Phi) is 4.72. The number of hydrogen-bond acceptors (Lipinski definition) is 4. The van der Waals surface area contributed by atoms with Gasteiger partial charge in [0, 0.05) is 23.6 Å². The minimum Gasteiger partial charge on any atom is -0.467 e. The lowest BCUT2D eigenvalue weighted by atomic mass is 9.79. The molecule has 0 radical (unpaired) electrons. The third kappa shape index (κ3) is 3.48. The standard InChI is InChI=1S/C28H26N2O3/c1-17-8-10-18(11-9-17)20-15-22-26(24(31)16-20)27(25-7-4-14-33-25)30(28(32)19-12-13-19)23-6-3-2-5-21(23)29-22/h2-11,14,19-20,27,29H,12-13,15-16H2,1H3. The van der Waals surface area contributed by atoms with Gasteiger partial charge in [0.15, 0.2) is 5.78 Å². The summed E-state index contributed by atoms with van der Waals surface area (Å²) >= 11 is 0. The molecule has 3 aliphatic rings. The van der Waals surface area contributed by atoms with Crippen LogP contribution in [0.4, 0.5) is 11.4 Å². The highest BCUT2D eigenvalue weighted by atomic mass is 16.3. The number of carbonyl (C=O) groups is 2. The number of amides is 1. The number of allylic oxidation sites excluding steroid dienone is 1. The smallest absolute Gasteiger partial charge is 0.231 e. The van der Waals surface area contributed by atoms with Crippen LogP contribution in [0.5, 0.6) is 0 Å². The van der Waals surface area contributed by atoms with Crippen molar-refractivity contribution in [3.63, 3.8) is 0 Å². The molecule has 2 aromatic carbocycles. The molecule has 2 atom stereocenters. The molecule has 2 unspecified atom stereocenters. The van der Waals surface area contributed by atoms with E-state index in [1.54, 1.807) is 6.26 Å². The van der Waals surface area contributed by atoms with Crippen molar-refractivity contribution in [3.8, 4) is 0 Å². The molecule has 5 heteroatoms. The number of ketones is 1. The second-order valence-electron chi connectivity index (χ2n) is 9.37. The lowest BCUT2D eigenvalue weighted by Crippen LogP contribution is -2.39. The maximum Gasteiger partial charge on any atom is 0.231 e. The molecule has 1 fully saturated rings. The number of nitrogens with one attached hydrogen (secondary N) is 1. The van der Waals surface area contributed by atoms with Gasteiger partial charge in [-0.3, -0.25) is 14.5 Å². The van der Waals surface area contributed by atoms with Gasteiger partial charge in [-0.15, -0.1) is 0 Å². The monoisotopic (exact) mass is 438 g/mol. The first-order chi connectivity index (χ1) is 16.1. The quantitative estimate of drug-likeness (QED) is 0.553. The second kappa shape index (κ2) is 7.77. The van der Waals surface area contributed by atoms with Crippen molar-refractivity contribution in [2.45, 2.75) is 44.6 Å². The molecule has 0 saturated heterocycles. The van der Waals surface area contributed by atoms with Gasteiger partial charge in [-0.1, -0.05) is 42.0 Å². The Labute approximate surface area is 193 Å². The highest BCUT2D eigenvalue weighted by molar-refractivity contribution is 6.07. The minimum absolute atomic E-state index is 0.0108. The molecule has 1 aliphatic heterocycles. The van der Waals surface area contributed by atoms with Crippen LogP contribution < -0.4 is 10.2 Å². The molecule has 5 nitrogen and oxygen atoms in total. The van der Waals surface area contributed by atoms with Crippen LogP contribution in [0.15, 0.2) is 82.6 Å². The summed E-state index contributed by atoms with van der Waals surface area (Å²) in [5, 5.41) is 3.56. The first-order valence-electron chi connectivity index (χ1n) is 11.7. The van der Waals surface area contributed by atoms with Gasteiger partial charge in [0.25, 0.3) is 0 Å². The topological polar surface area (TPSA) is 62.6 Å². The Morgan fingerprint density at radius 1 is 1.00 bits per heavy atom. The largest absolute Gasteiger partial charge is 0.467 e. The van der Waals surface area contributed by atoms with Crippen molar-refractivity contribution in [1.82, 2.24) is 0 Å². The Bertz CT molecular complexity index is 1250. The van der Waals surface area contributed by atoms with Gasteiger partial charge < -0.3 is 9.73 Å². The number of hydrogen-bond donors (Lipinski definition) is 1. The molecule has 0 bridgehead atoms. The fourth-order valence-corrected chi connectivity index (χ4v) is 5.15. The zero-order valence-electron chi connectivity index (χ0n) is 18.6. The highest BCUT2D eigenvalue weighted by Gasteiger charge is 2.45. The van der Waals surface area contributed by atoms with Crippen molar-refractivity contribution in [2.24, 2.45) is 5.92 Å². The van der Waals surface area contributed by atoms with Crippen molar-refractivity contribution in [1.29, 1.82) is 0 Å². The van der Waals surface area contributed by atoms with Gasteiger partial charge in [-0.2, -0.15) is 0 Å². The third-order valence-corrected chi connectivity index (χ3v) is 7.01. The van der Waals surface area contributed by atoms with E-state index in [-0.39, 0.29) is 23.5 Å². The molecule has 2 aliphatic carbocycles. The summed E-state index contributed by atoms with van der Waals surface area (Å²) in [5.41, 5.74) is 5.56. The van der Waals surface area contributed by atoms with Gasteiger partial charge in [0.05, 0.1) is 17.6 Å². The summed E-state index contributed by atoms with van der Waals surface area (Å²) in [6, 6.07) is 19.4. The van der Waals surface area contributed by atoms with Crippen LogP contribution in [0.3, 0.4) is 0 Å². The molecule has 3 aromatic rings. The fraction of sp³-hybridized carbons (Fsp3) is 0.286. The summed E-state index contributed by atoms with van der Waals surface area (Å²) in [5.74, 6) is 0.859. The Balaban J connectivity index is 1.51. The summed E-state index contributed by atoms with van der Waals surface area (Å²) in [6.45, 7) is 2.07. The molecule has 6 rings (SSSR count). The number of aryl methyl sites for hydroxylation is 1. The maximum absolute atomic E-state index is 13.8. The van der Waals surface area contributed by atoms with Crippen LogP contribution in [-0.2, 0) is 9.59 Å². The summed E-state index contributed by atoms with van der Waals surface area (Å²) < 4.78 is 5.84. The summed E-state index contributed by atoms with van der Waals surface area (Å²) in [6.07, 6.45) is 4.53. The number of rotatable bonds is 3. The Hall–Kier alpha value is -3.60. The van der Waals surface area contributed by atoms with E-state index >= 15 is 0 Å². The van der Waals surface area contributed by atoms with E-state index in [9.17, 15) is 9.59 Å². The van der Waals surface area contributed by atoms with Crippen molar-refractivity contribution in [3.05, 3.63) is 95.1 Å². The van der Waals surface area contributed by atoms with E-state index in [0.717, 1.165) is 29.9 Å². The number of carbonyl (C=O) groups excluding carboxylic acids is 2. The van der Waals surface area contributed by atoms with Crippen LogP contribution in [0, 0.1) is 12.8 Å². The number of benzene rings is 2. The molecule has 1 amide bonds. The Morgan fingerprint density at radius 3 is 2.52 bits per heavy atom. The number of furan rings is 1. The van der Waals surface area contributed by atoms with Crippen LogP contribution in [0.1, 0.15) is 54.5 Å². The highest BCUT2D eigenvalue weighted by Crippen LogP contribution is 2.49. The average Bonchev–Trinajstić information content (AvgIpc) is 3.56. The molecule has 166 valence electrons. The van der Waals surface area contributed by atoms with Gasteiger partial charge in [-0.25, -0.2) is 0 Å². The van der Waals surface area contributed by atoms with Gasteiger partial charge >= 0.3 is 0 Å². The molecule has 1 saturated carbocycles. The molecule has 0 spiro atoms. The van der Waals surface area contributed by atoms with E-state index in [1.165, 1.54) is 11.1 Å². The van der Waals surface area contributed by atoms with Crippen LogP contribution in [0.25, 0.3) is 0 Å².